The molecule has 196 valence electrons. The molecule has 0 unspecified atom stereocenters. The number of aliphatic hydroxyl groups is 2. The van der Waals surface area contributed by atoms with Gasteiger partial charge in [-0.15, -0.1) is 0 Å². The summed E-state index contributed by atoms with van der Waals surface area (Å²) in [7, 11) is 0. The molecule has 0 spiro atoms. The number of cyclic esters (lactones) is 1. The molecule has 2 N–H and O–H groups in total. The highest BCUT2D eigenvalue weighted by molar-refractivity contribution is 5.85. The van der Waals surface area contributed by atoms with Gasteiger partial charge in [0.1, 0.15) is 12.7 Å². The first-order valence-corrected chi connectivity index (χ1v) is 14.2. The van der Waals surface area contributed by atoms with Crippen molar-refractivity contribution in [2.24, 2.45) is 34.5 Å². The van der Waals surface area contributed by atoms with Crippen LogP contribution in [-0.4, -0.2) is 53.0 Å². The molecule has 4 saturated carbocycles. The van der Waals surface area contributed by atoms with Gasteiger partial charge in [0.25, 0.3) is 0 Å². The van der Waals surface area contributed by atoms with E-state index < -0.39 is 18.0 Å². The van der Waals surface area contributed by atoms with Gasteiger partial charge in [-0.25, -0.2) is 4.79 Å². The zero-order valence-corrected chi connectivity index (χ0v) is 21.7. The summed E-state index contributed by atoms with van der Waals surface area (Å²) in [5.41, 5.74) is 0.488. The summed E-state index contributed by atoms with van der Waals surface area (Å²) in [4.78, 5) is 11.8. The molecule has 2 heterocycles. The van der Waals surface area contributed by atoms with Crippen LogP contribution in [0.25, 0.3) is 0 Å². The van der Waals surface area contributed by atoms with Crippen molar-refractivity contribution in [2.45, 2.75) is 122 Å². The maximum Gasteiger partial charge on any atom is 0.331 e. The molecular formula is C29H44O6. The monoisotopic (exact) mass is 488 g/mol. The number of hydrogen-bond donors (Lipinski definition) is 2. The van der Waals surface area contributed by atoms with Crippen LogP contribution in [0.4, 0.5) is 0 Å². The zero-order valence-electron chi connectivity index (χ0n) is 21.7. The van der Waals surface area contributed by atoms with E-state index in [9.17, 15) is 15.0 Å². The van der Waals surface area contributed by atoms with Gasteiger partial charge in [0, 0.05) is 11.5 Å². The van der Waals surface area contributed by atoms with Gasteiger partial charge < -0.3 is 24.4 Å². The molecule has 5 fully saturated rings. The van der Waals surface area contributed by atoms with Gasteiger partial charge in [0.2, 0.25) is 0 Å². The summed E-state index contributed by atoms with van der Waals surface area (Å²) in [6.07, 6.45) is 11.9. The molecule has 4 aliphatic carbocycles. The SMILES string of the molecule is C[C@@H]1CC[C@H](O)[C@@H](O[C@H]2CC[C@@]3(C)[C@H](CC[C@@H]4[C@@H]3CC[C@]3(C)[C@@H](C5=CC(=O)OC5)CC[C@]43O)C2)O1. The maximum atomic E-state index is 12.4. The fourth-order valence-corrected chi connectivity index (χ4v) is 9.74. The molecule has 0 aromatic carbocycles. The molecule has 0 bridgehead atoms. The highest BCUT2D eigenvalue weighted by atomic mass is 16.7. The molecule has 6 aliphatic rings. The minimum atomic E-state index is -0.662. The lowest BCUT2D eigenvalue weighted by Gasteiger charge is -2.64. The van der Waals surface area contributed by atoms with E-state index in [2.05, 4.69) is 20.8 Å². The first kappa shape index (κ1) is 24.4. The third kappa shape index (κ3) is 3.68. The standard InChI is InChI=1S/C29H44O6/c1-17-4-7-24(30)26(34-17)35-20-8-11-27(2)19(15-20)5-6-23-22(27)9-12-28(3)21(10-13-29(23,28)32)18-14-25(31)33-16-18/h14,17,19-24,26,30,32H,4-13,15-16H2,1-3H3/t17-,19-,20+,21-,22+,23-,24+,26-,27+,28-,29+/m1/s1. The van der Waals surface area contributed by atoms with E-state index in [0.29, 0.717) is 24.4 Å². The van der Waals surface area contributed by atoms with E-state index in [1.165, 1.54) is 0 Å². The average Bonchev–Trinajstić information content (AvgIpc) is 3.36. The summed E-state index contributed by atoms with van der Waals surface area (Å²) in [5.74, 6) is 1.48. The average molecular weight is 489 g/mol. The summed E-state index contributed by atoms with van der Waals surface area (Å²) >= 11 is 0. The number of carbonyl (C=O) groups is 1. The van der Waals surface area contributed by atoms with Crippen molar-refractivity contribution in [1.82, 2.24) is 0 Å². The van der Waals surface area contributed by atoms with E-state index in [0.717, 1.165) is 76.2 Å². The fraction of sp³-hybridized carbons (Fsp3) is 0.897. The Bertz CT molecular complexity index is 886. The van der Waals surface area contributed by atoms with Gasteiger partial charge in [-0.1, -0.05) is 13.8 Å². The number of carbonyl (C=O) groups excluding carboxylic acids is 1. The summed E-state index contributed by atoms with van der Waals surface area (Å²) in [6, 6.07) is 0. The normalized spacial score (nSPS) is 53.9. The number of ether oxygens (including phenoxy) is 3. The summed E-state index contributed by atoms with van der Waals surface area (Å²) < 4.78 is 17.6. The third-order valence-corrected chi connectivity index (χ3v) is 11.8. The van der Waals surface area contributed by atoms with Crippen LogP contribution in [0.5, 0.6) is 0 Å². The molecular weight excluding hydrogens is 444 g/mol. The van der Waals surface area contributed by atoms with Crippen molar-refractivity contribution in [1.29, 1.82) is 0 Å². The fourth-order valence-electron chi connectivity index (χ4n) is 9.74. The van der Waals surface area contributed by atoms with Gasteiger partial charge in [-0.05, 0) is 112 Å². The van der Waals surface area contributed by atoms with Crippen LogP contribution >= 0.6 is 0 Å². The molecule has 6 nitrogen and oxygen atoms in total. The number of esters is 1. The lowest BCUT2D eigenvalue weighted by molar-refractivity contribution is -0.267. The molecule has 0 aromatic heterocycles. The molecule has 6 heteroatoms. The molecule has 35 heavy (non-hydrogen) atoms. The molecule has 6 rings (SSSR count). The van der Waals surface area contributed by atoms with Crippen LogP contribution in [0, 0.1) is 34.5 Å². The second-order valence-corrected chi connectivity index (χ2v) is 13.3. The Morgan fingerprint density at radius 3 is 2.60 bits per heavy atom. The van der Waals surface area contributed by atoms with E-state index in [4.69, 9.17) is 14.2 Å². The Morgan fingerprint density at radius 2 is 1.83 bits per heavy atom. The zero-order chi connectivity index (χ0) is 24.6. The Labute approximate surface area is 209 Å². The van der Waals surface area contributed by atoms with Crippen LogP contribution in [0.2, 0.25) is 0 Å². The molecule has 0 aromatic rings. The largest absolute Gasteiger partial charge is 0.458 e. The first-order valence-electron chi connectivity index (χ1n) is 14.2. The lowest BCUT2D eigenvalue weighted by atomic mass is 9.43. The topological polar surface area (TPSA) is 85.2 Å². The van der Waals surface area contributed by atoms with Crippen LogP contribution in [0.1, 0.15) is 91.4 Å². The first-order chi connectivity index (χ1) is 16.6. The number of aliphatic hydroxyl groups excluding tert-OH is 1. The Balaban J connectivity index is 1.17. The third-order valence-electron chi connectivity index (χ3n) is 11.8. The molecule has 2 aliphatic heterocycles. The molecule has 0 amide bonds. The van der Waals surface area contributed by atoms with Crippen LogP contribution in [0.15, 0.2) is 11.6 Å². The van der Waals surface area contributed by atoms with Gasteiger partial charge in [0.15, 0.2) is 6.29 Å². The summed E-state index contributed by atoms with van der Waals surface area (Å²) in [6.45, 7) is 7.25. The van der Waals surface area contributed by atoms with Gasteiger partial charge in [0.05, 0.1) is 17.8 Å². The Kier molecular flexibility index (Phi) is 5.95. The van der Waals surface area contributed by atoms with Crippen molar-refractivity contribution in [3.05, 3.63) is 11.6 Å². The molecule has 1 saturated heterocycles. The van der Waals surface area contributed by atoms with Crippen molar-refractivity contribution in [2.75, 3.05) is 6.61 Å². The van der Waals surface area contributed by atoms with Crippen molar-refractivity contribution < 1.29 is 29.2 Å². The molecule has 0 radical (unpaired) electrons. The van der Waals surface area contributed by atoms with Gasteiger partial charge in [-0.3, -0.25) is 0 Å². The van der Waals surface area contributed by atoms with E-state index in [-0.39, 0.29) is 34.9 Å². The predicted octanol–water partition coefficient (Wildman–Crippen LogP) is 4.51. The van der Waals surface area contributed by atoms with Gasteiger partial charge in [-0.2, -0.15) is 0 Å². The van der Waals surface area contributed by atoms with Crippen LogP contribution in [0.3, 0.4) is 0 Å². The van der Waals surface area contributed by atoms with E-state index in [1.807, 2.05) is 0 Å². The predicted molar refractivity (Wildman–Crippen MR) is 130 cm³/mol. The van der Waals surface area contributed by atoms with Crippen molar-refractivity contribution >= 4 is 5.97 Å². The minimum absolute atomic E-state index is 0.143. The number of rotatable bonds is 3. The van der Waals surface area contributed by atoms with Crippen molar-refractivity contribution in [3.63, 3.8) is 0 Å². The van der Waals surface area contributed by atoms with Gasteiger partial charge >= 0.3 is 5.97 Å². The number of hydrogen-bond acceptors (Lipinski definition) is 6. The number of fused-ring (bicyclic) bond motifs is 5. The van der Waals surface area contributed by atoms with Crippen molar-refractivity contribution in [3.8, 4) is 0 Å². The van der Waals surface area contributed by atoms with E-state index >= 15 is 0 Å². The summed E-state index contributed by atoms with van der Waals surface area (Å²) in [5, 5.41) is 22.8. The van der Waals surface area contributed by atoms with E-state index in [1.54, 1.807) is 6.08 Å². The quantitative estimate of drug-likeness (QED) is 0.449. The minimum Gasteiger partial charge on any atom is -0.458 e. The lowest BCUT2D eigenvalue weighted by Crippen LogP contribution is -2.62. The van der Waals surface area contributed by atoms with Crippen LogP contribution in [-0.2, 0) is 19.0 Å². The second kappa shape index (κ2) is 8.54. The Morgan fingerprint density at radius 1 is 1.00 bits per heavy atom. The maximum absolute atomic E-state index is 12.4. The van der Waals surface area contributed by atoms with Crippen LogP contribution < -0.4 is 0 Å². The molecule has 11 atom stereocenters. The highest BCUT2D eigenvalue weighted by Crippen LogP contribution is 2.70. The Hall–Kier alpha value is -0.950. The smallest absolute Gasteiger partial charge is 0.331 e. The highest BCUT2D eigenvalue weighted by Gasteiger charge is 2.67. The second-order valence-electron chi connectivity index (χ2n) is 13.3.